The molecule has 4 N–H and O–H groups in total. The van der Waals surface area contributed by atoms with Crippen LogP contribution in [0.3, 0.4) is 0 Å². The van der Waals surface area contributed by atoms with Crippen LogP contribution in [0.1, 0.15) is 0 Å². The van der Waals surface area contributed by atoms with E-state index >= 15 is 0 Å². The molecule has 0 saturated heterocycles. The van der Waals surface area contributed by atoms with Crippen LogP contribution >= 0.6 is 0 Å². The van der Waals surface area contributed by atoms with E-state index in [2.05, 4.69) is 10.1 Å². The summed E-state index contributed by atoms with van der Waals surface area (Å²) in [6, 6.07) is 19.9. The van der Waals surface area contributed by atoms with E-state index in [4.69, 9.17) is 5.73 Å². The number of phenols is 2. The Hall–Kier alpha value is -3.80. The topological polar surface area (TPSA) is 97.2 Å². The molecule has 26 heavy (non-hydrogen) atoms. The first-order valence-corrected chi connectivity index (χ1v) is 8.01. The van der Waals surface area contributed by atoms with Crippen LogP contribution in [-0.2, 0) is 0 Å². The molecule has 0 amide bonds. The Kier molecular flexibility index (Phi) is 3.78. The van der Waals surface area contributed by atoms with Crippen molar-refractivity contribution < 1.29 is 10.2 Å². The smallest absolute Gasteiger partial charge is 0.158 e. The van der Waals surface area contributed by atoms with E-state index in [0.717, 1.165) is 17.0 Å². The minimum Gasteiger partial charge on any atom is -0.504 e. The number of aromatic nitrogens is 3. The van der Waals surface area contributed by atoms with Crippen LogP contribution in [0.25, 0.3) is 28.3 Å². The zero-order valence-corrected chi connectivity index (χ0v) is 13.7. The molecule has 4 aromatic rings. The van der Waals surface area contributed by atoms with E-state index in [1.165, 1.54) is 12.1 Å². The number of hydrogen-bond acceptors (Lipinski definition) is 5. The van der Waals surface area contributed by atoms with Gasteiger partial charge in [-0.25, -0.2) is 9.67 Å². The Morgan fingerprint density at radius 3 is 2.31 bits per heavy atom. The van der Waals surface area contributed by atoms with Gasteiger partial charge in [-0.3, -0.25) is 0 Å². The lowest BCUT2D eigenvalue weighted by Gasteiger charge is -2.08. The van der Waals surface area contributed by atoms with E-state index < -0.39 is 0 Å². The highest BCUT2D eigenvalue weighted by atomic mass is 16.3. The normalized spacial score (nSPS) is 10.8. The Bertz CT molecular complexity index is 1060. The third kappa shape index (κ3) is 2.84. The molecule has 0 aliphatic rings. The standard InChI is InChI=1S/C20H16N4O2/c21-15-7-9-20(22-12-15)24-17(14-6-8-18(25)19(26)10-14)11-16(23-24)13-4-2-1-3-5-13/h1-12,25-26H,21H2. The first kappa shape index (κ1) is 15.7. The first-order valence-electron chi connectivity index (χ1n) is 8.01. The number of nitrogen functional groups attached to an aromatic ring is 1. The van der Waals surface area contributed by atoms with Gasteiger partial charge in [0.1, 0.15) is 0 Å². The molecule has 2 aromatic heterocycles. The third-order valence-corrected chi connectivity index (χ3v) is 4.04. The molecule has 4 rings (SSSR count). The van der Waals surface area contributed by atoms with Gasteiger partial charge >= 0.3 is 0 Å². The second kappa shape index (κ2) is 6.25. The molecule has 0 aliphatic heterocycles. The van der Waals surface area contributed by atoms with Crippen LogP contribution in [0.2, 0.25) is 0 Å². The molecule has 0 aliphatic carbocycles. The molecule has 0 saturated carbocycles. The molecule has 6 heteroatoms. The molecular formula is C20H16N4O2. The molecule has 0 fully saturated rings. The number of phenolic OH excluding ortho intramolecular Hbond substituents is 2. The van der Waals surface area contributed by atoms with Gasteiger partial charge < -0.3 is 15.9 Å². The third-order valence-electron chi connectivity index (χ3n) is 4.04. The summed E-state index contributed by atoms with van der Waals surface area (Å²) in [5.74, 6) is 0.236. The van der Waals surface area contributed by atoms with Gasteiger partial charge in [-0.05, 0) is 36.4 Å². The molecular weight excluding hydrogens is 328 g/mol. The summed E-state index contributed by atoms with van der Waals surface area (Å²) >= 11 is 0. The Morgan fingerprint density at radius 1 is 0.808 bits per heavy atom. The van der Waals surface area contributed by atoms with Gasteiger partial charge in [0.15, 0.2) is 17.3 Å². The Morgan fingerprint density at radius 2 is 1.62 bits per heavy atom. The molecule has 0 radical (unpaired) electrons. The lowest BCUT2D eigenvalue weighted by atomic mass is 10.1. The van der Waals surface area contributed by atoms with E-state index in [9.17, 15) is 10.2 Å². The molecule has 0 bridgehead atoms. The maximum absolute atomic E-state index is 9.87. The van der Waals surface area contributed by atoms with Gasteiger partial charge in [0, 0.05) is 11.1 Å². The highest BCUT2D eigenvalue weighted by Gasteiger charge is 2.15. The van der Waals surface area contributed by atoms with Gasteiger partial charge in [0.25, 0.3) is 0 Å². The van der Waals surface area contributed by atoms with Crippen molar-refractivity contribution in [2.75, 3.05) is 5.73 Å². The summed E-state index contributed by atoms with van der Waals surface area (Å²) < 4.78 is 1.69. The Labute approximate surface area is 149 Å². The minimum absolute atomic E-state index is 0.172. The molecule has 128 valence electrons. The number of hydrogen-bond donors (Lipinski definition) is 3. The zero-order valence-electron chi connectivity index (χ0n) is 13.7. The maximum atomic E-state index is 9.87. The number of rotatable bonds is 3. The Balaban J connectivity index is 1.91. The van der Waals surface area contributed by atoms with Crippen LogP contribution < -0.4 is 5.73 Å². The highest BCUT2D eigenvalue weighted by Crippen LogP contribution is 2.33. The van der Waals surface area contributed by atoms with Crippen molar-refractivity contribution in [3.63, 3.8) is 0 Å². The van der Waals surface area contributed by atoms with Crippen LogP contribution in [-0.4, -0.2) is 25.0 Å². The lowest BCUT2D eigenvalue weighted by Crippen LogP contribution is -2.02. The fourth-order valence-corrected chi connectivity index (χ4v) is 2.72. The van der Waals surface area contributed by atoms with E-state index in [0.29, 0.717) is 17.1 Å². The highest BCUT2D eigenvalue weighted by molar-refractivity contribution is 5.71. The SMILES string of the molecule is Nc1ccc(-n2nc(-c3ccccc3)cc2-c2ccc(O)c(O)c2)nc1. The van der Waals surface area contributed by atoms with E-state index in [1.54, 1.807) is 29.1 Å². The van der Waals surface area contributed by atoms with Crippen molar-refractivity contribution in [3.05, 3.63) is 72.9 Å². The molecule has 6 nitrogen and oxygen atoms in total. The molecule has 0 unspecified atom stereocenters. The van der Waals surface area contributed by atoms with Crippen molar-refractivity contribution in [2.45, 2.75) is 0 Å². The average molecular weight is 344 g/mol. The monoisotopic (exact) mass is 344 g/mol. The largest absolute Gasteiger partial charge is 0.504 e. The summed E-state index contributed by atoms with van der Waals surface area (Å²) in [5, 5.41) is 24.1. The number of benzene rings is 2. The van der Waals surface area contributed by atoms with Gasteiger partial charge in [0.05, 0.1) is 23.3 Å². The van der Waals surface area contributed by atoms with Crippen LogP contribution in [0, 0.1) is 0 Å². The summed E-state index contributed by atoms with van der Waals surface area (Å²) in [5.41, 5.74) is 9.47. The summed E-state index contributed by atoms with van der Waals surface area (Å²) in [6.07, 6.45) is 1.57. The fourth-order valence-electron chi connectivity index (χ4n) is 2.72. The van der Waals surface area contributed by atoms with E-state index in [1.807, 2.05) is 36.4 Å². The predicted molar refractivity (Wildman–Crippen MR) is 100.0 cm³/mol. The van der Waals surface area contributed by atoms with Crippen molar-refractivity contribution in [2.24, 2.45) is 0 Å². The van der Waals surface area contributed by atoms with Crippen LogP contribution in [0.15, 0.2) is 72.9 Å². The van der Waals surface area contributed by atoms with Crippen molar-refractivity contribution in [1.82, 2.24) is 14.8 Å². The van der Waals surface area contributed by atoms with Crippen LogP contribution in [0.4, 0.5) is 5.69 Å². The molecule has 0 spiro atoms. The quantitative estimate of drug-likeness (QED) is 0.493. The fraction of sp³-hybridized carbons (Fsp3) is 0. The number of anilines is 1. The average Bonchev–Trinajstić information content (AvgIpc) is 3.11. The molecule has 2 heterocycles. The number of nitrogens with two attached hydrogens (primary N) is 1. The van der Waals surface area contributed by atoms with Crippen molar-refractivity contribution in [3.8, 4) is 39.8 Å². The minimum atomic E-state index is -0.193. The second-order valence-corrected chi connectivity index (χ2v) is 5.85. The van der Waals surface area contributed by atoms with Crippen molar-refractivity contribution in [1.29, 1.82) is 0 Å². The predicted octanol–water partition coefficient (Wildman–Crippen LogP) is 3.59. The summed E-state index contributed by atoms with van der Waals surface area (Å²) in [7, 11) is 0. The maximum Gasteiger partial charge on any atom is 0.158 e. The summed E-state index contributed by atoms with van der Waals surface area (Å²) in [4.78, 5) is 4.35. The van der Waals surface area contributed by atoms with Gasteiger partial charge in [-0.15, -0.1) is 0 Å². The lowest BCUT2D eigenvalue weighted by molar-refractivity contribution is 0.404. The number of aromatic hydroxyl groups is 2. The number of pyridine rings is 1. The molecule has 2 aromatic carbocycles. The number of nitrogens with zero attached hydrogens (tertiary/aromatic N) is 3. The van der Waals surface area contributed by atoms with Gasteiger partial charge in [-0.1, -0.05) is 30.3 Å². The second-order valence-electron chi connectivity index (χ2n) is 5.85. The first-order chi connectivity index (χ1) is 12.6. The van der Waals surface area contributed by atoms with Crippen LogP contribution in [0.5, 0.6) is 11.5 Å². The van der Waals surface area contributed by atoms with Gasteiger partial charge in [0.2, 0.25) is 0 Å². The van der Waals surface area contributed by atoms with Crippen molar-refractivity contribution >= 4 is 5.69 Å². The van der Waals surface area contributed by atoms with E-state index in [-0.39, 0.29) is 11.5 Å². The zero-order chi connectivity index (χ0) is 18.1. The molecule has 0 atom stereocenters. The van der Waals surface area contributed by atoms with Gasteiger partial charge in [-0.2, -0.15) is 5.10 Å². The summed E-state index contributed by atoms with van der Waals surface area (Å²) in [6.45, 7) is 0.